The van der Waals surface area contributed by atoms with Gasteiger partial charge in [0.2, 0.25) is 5.91 Å². The molecule has 1 amide bonds. The van der Waals surface area contributed by atoms with Gasteiger partial charge < -0.3 is 29.0 Å². The molecule has 0 unspecified atom stereocenters. The van der Waals surface area contributed by atoms with E-state index in [-0.39, 0.29) is 64.7 Å². The molecule has 0 aliphatic carbocycles. The van der Waals surface area contributed by atoms with Gasteiger partial charge >= 0.3 is 29.8 Å². The maximum absolute atomic E-state index is 14.0. The average Bonchev–Trinajstić information content (AvgIpc) is 2.93. The molecule has 0 saturated heterocycles. The molecule has 1 atom stereocenters. The van der Waals surface area contributed by atoms with Crippen molar-refractivity contribution < 1.29 is 57.2 Å². The van der Waals surface area contributed by atoms with Crippen LogP contribution in [0.15, 0.2) is 0 Å². The number of esters is 5. The topological polar surface area (TPSA) is 187 Å². The molecule has 0 heterocycles. The summed E-state index contributed by atoms with van der Waals surface area (Å²) in [7, 11) is 0. The Bertz CT molecular complexity index is 1280. The number of ether oxygens (including phenoxy) is 5. The lowest BCUT2D eigenvalue weighted by Crippen LogP contribution is -2.53. The van der Waals surface area contributed by atoms with Crippen LogP contribution in [0.4, 0.5) is 0 Å². The number of hydrogen-bond donors (Lipinski definition) is 1. The molecule has 0 bridgehead atoms. The van der Waals surface area contributed by atoms with E-state index >= 15 is 0 Å². The minimum atomic E-state index is -1.25. The molecule has 0 rings (SSSR count). The largest absolute Gasteiger partial charge is 0.459 e. The third-order valence-electron chi connectivity index (χ3n) is 7.28. The Kier molecular flexibility index (Phi) is 20.7. The molecule has 0 aliphatic rings. The van der Waals surface area contributed by atoms with Crippen LogP contribution in [0, 0.1) is 5.41 Å². The predicted molar refractivity (Wildman–Crippen MR) is 220 cm³/mol. The molecule has 0 aromatic carbocycles. The lowest BCUT2D eigenvalue weighted by molar-refractivity contribution is -0.165. The molecule has 58 heavy (non-hydrogen) atoms. The van der Waals surface area contributed by atoms with Crippen LogP contribution in [0.1, 0.15) is 131 Å². The first-order valence-electron chi connectivity index (χ1n) is 19.9. The van der Waals surface area contributed by atoms with Crippen molar-refractivity contribution in [1.82, 2.24) is 20.0 Å². The highest BCUT2D eigenvalue weighted by molar-refractivity contribution is 5.91. The summed E-state index contributed by atoms with van der Waals surface area (Å²) in [6.45, 7) is 29.3. The number of nitrogens with zero attached hydrogens (tertiary/aromatic N) is 3. The number of nitrogens with one attached hydrogen (secondary N) is 1. The summed E-state index contributed by atoms with van der Waals surface area (Å²) in [5.41, 5.74) is -4.92. The zero-order valence-corrected chi connectivity index (χ0v) is 38.9. The van der Waals surface area contributed by atoms with Crippen LogP contribution in [-0.4, -0.2) is 149 Å². The number of rotatable bonds is 20. The van der Waals surface area contributed by atoms with E-state index in [0.29, 0.717) is 0 Å². The Hall–Kier alpha value is -3.63. The van der Waals surface area contributed by atoms with Crippen molar-refractivity contribution in [2.45, 2.75) is 165 Å². The van der Waals surface area contributed by atoms with Gasteiger partial charge in [0.1, 0.15) is 34.0 Å². The second kappa shape index (κ2) is 22.1. The molecule has 16 nitrogen and oxygen atoms in total. The van der Waals surface area contributed by atoms with Crippen molar-refractivity contribution in [3.05, 3.63) is 0 Å². The smallest absolute Gasteiger partial charge is 0.324 e. The van der Waals surface area contributed by atoms with E-state index in [0.717, 1.165) is 0 Å². The SMILES string of the molecule is CC(C)(C)OC(=O)CN(CCN(CCN(CC(=O)OC(C)(C)C)CC(=O)OC(C)(C)C)[C@@H](CC(=O)NCC(=O)C(C)(C)C)C(=O)OC(C)(C)C)CC(=O)OC(C)(C)C. The molecule has 336 valence electrons. The standard InChI is InChI=1S/C42H76N4O12/c1-37(2,3)30(47)24-43-31(48)23-29(36(53)58-42(16,17)18)46(21-19-44(25-32(49)54-38(4,5)6)26-33(50)55-39(7,8)9)22-20-45(27-34(51)56-40(10,11)12)28-35(52)57-41(13,14)15/h29H,19-28H2,1-18H3,(H,43,48)/t29-/m0/s1. The van der Waals surface area contributed by atoms with Gasteiger partial charge in [-0.25, -0.2) is 0 Å². The summed E-state index contributed by atoms with van der Waals surface area (Å²) in [6.07, 6.45) is -0.428. The molecule has 0 aromatic heterocycles. The van der Waals surface area contributed by atoms with Crippen LogP contribution in [0.25, 0.3) is 0 Å². The van der Waals surface area contributed by atoms with Gasteiger partial charge in [0.25, 0.3) is 0 Å². The van der Waals surface area contributed by atoms with E-state index in [9.17, 15) is 33.6 Å². The summed E-state index contributed by atoms with van der Waals surface area (Å²) < 4.78 is 28.0. The summed E-state index contributed by atoms with van der Waals surface area (Å²) in [4.78, 5) is 97.1. The van der Waals surface area contributed by atoms with E-state index < -0.39 is 81.6 Å². The van der Waals surface area contributed by atoms with Crippen LogP contribution in [0.2, 0.25) is 0 Å². The minimum Gasteiger partial charge on any atom is -0.459 e. The van der Waals surface area contributed by atoms with E-state index in [2.05, 4.69) is 5.32 Å². The fourth-order valence-corrected chi connectivity index (χ4v) is 5.04. The molecular weight excluding hydrogens is 752 g/mol. The highest BCUT2D eigenvalue weighted by Gasteiger charge is 2.35. The predicted octanol–water partition coefficient (Wildman–Crippen LogP) is 4.09. The third-order valence-corrected chi connectivity index (χ3v) is 7.28. The number of carbonyl (C=O) groups excluding carboxylic acids is 7. The lowest BCUT2D eigenvalue weighted by atomic mass is 9.91. The molecule has 16 heteroatoms. The molecule has 0 fully saturated rings. The number of amides is 1. The summed E-state index contributed by atoms with van der Waals surface area (Å²) in [5, 5.41) is 2.62. The van der Waals surface area contributed by atoms with Crippen LogP contribution < -0.4 is 5.32 Å². The highest BCUT2D eigenvalue weighted by atomic mass is 16.6. The Balaban J connectivity index is 7.10. The maximum Gasteiger partial charge on any atom is 0.324 e. The van der Waals surface area contributed by atoms with Gasteiger partial charge in [-0.15, -0.1) is 0 Å². The second-order valence-corrected chi connectivity index (χ2v) is 20.5. The van der Waals surface area contributed by atoms with Crippen LogP contribution in [0.3, 0.4) is 0 Å². The van der Waals surface area contributed by atoms with E-state index in [4.69, 9.17) is 23.7 Å². The number of Topliss-reactive ketones (excluding diaryl/α,β-unsaturated/α-hetero) is 1. The van der Waals surface area contributed by atoms with Crippen LogP contribution in [-0.2, 0) is 57.2 Å². The first kappa shape index (κ1) is 54.4. The average molecular weight is 829 g/mol. The van der Waals surface area contributed by atoms with Crippen LogP contribution >= 0.6 is 0 Å². The van der Waals surface area contributed by atoms with Crippen molar-refractivity contribution in [3.8, 4) is 0 Å². The van der Waals surface area contributed by atoms with Crippen molar-refractivity contribution in [1.29, 1.82) is 0 Å². The molecule has 0 aromatic rings. The normalized spacial score (nSPS) is 13.5. The zero-order valence-electron chi connectivity index (χ0n) is 38.9. The van der Waals surface area contributed by atoms with Crippen molar-refractivity contribution >= 4 is 41.5 Å². The first-order chi connectivity index (χ1) is 25.8. The molecule has 0 radical (unpaired) electrons. The number of hydrogen-bond acceptors (Lipinski definition) is 15. The van der Waals surface area contributed by atoms with Gasteiger partial charge in [0.15, 0.2) is 5.78 Å². The zero-order chi connectivity index (χ0) is 45.7. The Morgan fingerprint density at radius 3 is 1.00 bits per heavy atom. The molecule has 0 saturated carbocycles. The molecular formula is C42H76N4O12. The van der Waals surface area contributed by atoms with Gasteiger partial charge in [-0.05, 0) is 104 Å². The summed E-state index contributed by atoms with van der Waals surface area (Å²) in [6, 6.07) is -1.25. The van der Waals surface area contributed by atoms with Gasteiger partial charge in [-0.3, -0.25) is 48.3 Å². The van der Waals surface area contributed by atoms with Crippen LogP contribution in [0.5, 0.6) is 0 Å². The van der Waals surface area contributed by atoms with Crippen molar-refractivity contribution in [3.63, 3.8) is 0 Å². The quantitative estimate of drug-likeness (QED) is 0.137. The van der Waals surface area contributed by atoms with Gasteiger partial charge in [0.05, 0.1) is 39.1 Å². The maximum atomic E-state index is 14.0. The summed E-state index contributed by atoms with van der Waals surface area (Å²) in [5.74, 6) is -3.97. The van der Waals surface area contributed by atoms with E-state index in [1.165, 1.54) is 9.80 Å². The first-order valence-corrected chi connectivity index (χ1v) is 19.9. The highest BCUT2D eigenvalue weighted by Crippen LogP contribution is 2.18. The van der Waals surface area contributed by atoms with E-state index in [1.807, 2.05) is 0 Å². The third kappa shape index (κ3) is 27.9. The monoisotopic (exact) mass is 829 g/mol. The van der Waals surface area contributed by atoms with Gasteiger partial charge in [-0.1, -0.05) is 20.8 Å². The Morgan fingerprint density at radius 2 is 0.741 bits per heavy atom. The summed E-state index contributed by atoms with van der Waals surface area (Å²) >= 11 is 0. The Labute approximate surface area is 347 Å². The fourth-order valence-electron chi connectivity index (χ4n) is 5.04. The van der Waals surface area contributed by atoms with Crippen molar-refractivity contribution in [2.24, 2.45) is 5.41 Å². The lowest BCUT2D eigenvalue weighted by Gasteiger charge is -2.35. The molecule has 0 aliphatic heterocycles. The second-order valence-electron chi connectivity index (χ2n) is 20.5. The number of carbonyl (C=O) groups is 7. The van der Waals surface area contributed by atoms with Crippen molar-refractivity contribution in [2.75, 3.05) is 58.9 Å². The molecule has 1 N–H and O–H groups in total. The fraction of sp³-hybridized carbons (Fsp3) is 0.833. The molecule has 0 spiro atoms. The number of ketones is 1. The minimum absolute atomic E-state index is 0.0000439. The van der Waals surface area contributed by atoms with Gasteiger partial charge in [0, 0.05) is 31.6 Å². The van der Waals surface area contributed by atoms with Gasteiger partial charge in [-0.2, -0.15) is 0 Å². The van der Waals surface area contributed by atoms with E-state index in [1.54, 1.807) is 130 Å². The Morgan fingerprint density at radius 1 is 0.448 bits per heavy atom.